The van der Waals surface area contributed by atoms with Gasteiger partial charge in [-0.05, 0) is 60.9 Å². The lowest BCUT2D eigenvalue weighted by Crippen LogP contribution is -2.44. The van der Waals surface area contributed by atoms with Crippen LogP contribution in [0.15, 0.2) is 54.3 Å². The van der Waals surface area contributed by atoms with Crippen LogP contribution in [0.1, 0.15) is 44.1 Å². The van der Waals surface area contributed by atoms with Crippen LogP contribution >= 0.6 is 23.4 Å². The van der Waals surface area contributed by atoms with E-state index in [1.807, 2.05) is 36.0 Å². The molecule has 33 heavy (non-hydrogen) atoms. The van der Waals surface area contributed by atoms with Gasteiger partial charge in [-0.2, -0.15) is 11.8 Å². The second kappa shape index (κ2) is 11.6. The van der Waals surface area contributed by atoms with E-state index in [1.54, 1.807) is 30.3 Å². The molecule has 1 aliphatic carbocycles. The van der Waals surface area contributed by atoms with E-state index in [2.05, 4.69) is 5.32 Å². The molecule has 1 N–H and O–H groups in total. The summed E-state index contributed by atoms with van der Waals surface area (Å²) in [5.74, 6) is 1.23. The number of anilines is 1. The molecule has 2 aromatic carbocycles. The number of halogens is 1. The highest BCUT2D eigenvalue weighted by molar-refractivity contribution is 7.99. The van der Waals surface area contributed by atoms with E-state index in [0.717, 1.165) is 23.0 Å². The van der Waals surface area contributed by atoms with Crippen LogP contribution in [0.5, 0.6) is 5.75 Å². The molecule has 0 spiro atoms. The average Bonchev–Trinajstić information content (AvgIpc) is 2.82. The molecule has 2 amide bonds. The number of benzene rings is 2. The standard InChI is InChI=1S/C26H29ClN2O3S/c27-20-9-6-8-19(16-20)17-24-26(31)29(22-12-4-5-13-23(22)32-24)18-25(30)28-14-7-15-33-21-10-2-1-3-11-21/h4-6,8-9,12-13,16-17,21H,1-3,7,10-11,14-15,18H2,(H,28,30)/b24-17+. The Morgan fingerprint density at radius 3 is 2.79 bits per heavy atom. The lowest BCUT2D eigenvalue weighted by Gasteiger charge is -2.30. The fraction of sp³-hybridized carbons (Fsp3) is 0.385. The maximum absolute atomic E-state index is 13.2. The second-order valence-corrected chi connectivity index (χ2v) is 10.2. The Kier molecular flexibility index (Phi) is 8.35. The Bertz CT molecular complexity index is 1020. The summed E-state index contributed by atoms with van der Waals surface area (Å²) in [6, 6.07) is 14.4. The quantitative estimate of drug-likeness (QED) is 0.387. The largest absolute Gasteiger partial charge is 0.449 e. The Hall–Kier alpha value is -2.44. The van der Waals surface area contributed by atoms with Crippen LogP contribution in [-0.2, 0) is 9.59 Å². The van der Waals surface area contributed by atoms with Crippen molar-refractivity contribution < 1.29 is 14.3 Å². The van der Waals surface area contributed by atoms with Gasteiger partial charge in [0.05, 0.1) is 5.69 Å². The SMILES string of the molecule is O=C(CN1C(=O)/C(=C\c2cccc(Cl)c2)Oc2ccccc21)NCCCSC1CCCCC1. The van der Waals surface area contributed by atoms with E-state index in [-0.39, 0.29) is 24.1 Å². The Morgan fingerprint density at radius 2 is 1.97 bits per heavy atom. The first kappa shape index (κ1) is 23.7. The normalized spacial score (nSPS) is 17.5. The Balaban J connectivity index is 1.36. The smallest absolute Gasteiger partial charge is 0.294 e. The van der Waals surface area contributed by atoms with Crippen LogP contribution in [0.4, 0.5) is 5.69 Å². The predicted octanol–water partition coefficient (Wildman–Crippen LogP) is 5.68. The minimum atomic E-state index is -0.350. The zero-order valence-electron chi connectivity index (χ0n) is 18.6. The zero-order chi connectivity index (χ0) is 23.0. The summed E-state index contributed by atoms with van der Waals surface area (Å²) in [6.45, 7) is 0.561. The number of hydrogen-bond acceptors (Lipinski definition) is 4. The molecule has 0 aromatic heterocycles. The van der Waals surface area contributed by atoms with Gasteiger partial charge >= 0.3 is 0 Å². The maximum atomic E-state index is 13.2. The van der Waals surface area contributed by atoms with Crippen molar-refractivity contribution >= 4 is 46.9 Å². The first-order valence-electron chi connectivity index (χ1n) is 11.5. The van der Waals surface area contributed by atoms with Gasteiger partial charge in [0.15, 0.2) is 11.5 Å². The number of para-hydroxylation sites is 2. The van der Waals surface area contributed by atoms with Crippen molar-refractivity contribution in [3.8, 4) is 5.75 Å². The molecule has 0 bridgehead atoms. The van der Waals surface area contributed by atoms with Crippen LogP contribution in [0.25, 0.3) is 6.08 Å². The van der Waals surface area contributed by atoms with Crippen LogP contribution < -0.4 is 15.0 Å². The van der Waals surface area contributed by atoms with Crippen molar-refractivity contribution in [3.05, 3.63) is 64.9 Å². The highest BCUT2D eigenvalue weighted by Gasteiger charge is 2.31. The fourth-order valence-corrected chi connectivity index (χ4v) is 5.66. The predicted molar refractivity (Wildman–Crippen MR) is 136 cm³/mol. The molecule has 4 rings (SSSR count). The van der Waals surface area contributed by atoms with Crippen molar-refractivity contribution in [1.29, 1.82) is 0 Å². The van der Waals surface area contributed by atoms with E-state index in [9.17, 15) is 9.59 Å². The van der Waals surface area contributed by atoms with Gasteiger partial charge in [-0.15, -0.1) is 0 Å². The van der Waals surface area contributed by atoms with Gasteiger partial charge in [0.25, 0.3) is 5.91 Å². The Morgan fingerprint density at radius 1 is 1.15 bits per heavy atom. The number of nitrogens with zero attached hydrogens (tertiary/aromatic N) is 1. The molecule has 0 atom stereocenters. The summed E-state index contributed by atoms with van der Waals surface area (Å²) >= 11 is 8.10. The molecule has 1 fully saturated rings. The van der Waals surface area contributed by atoms with Crippen molar-refractivity contribution in [1.82, 2.24) is 5.32 Å². The third kappa shape index (κ3) is 6.55. The lowest BCUT2D eigenvalue weighted by molar-refractivity contribution is -0.123. The summed E-state index contributed by atoms with van der Waals surface area (Å²) in [7, 11) is 0. The molecule has 1 saturated carbocycles. The average molecular weight is 485 g/mol. The van der Waals surface area contributed by atoms with Crippen molar-refractivity contribution in [2.75, 3.05) is 23.7 Å². The molecule has 2 aliphatic rings. The zero-order valence-corrected chi connectivity index (χ0v) is 20.2. The summed E-state index contributed by atoms with van der Waals surface area (Å²) < 4.78 is 5.86. The molecule has 0 unspecified atom stereocenters. The third-order valence-corrected chi connectivity index (χ3v) is 7.53. The minimum Gasteiger partial charge on any atom is -0.449 e. The van der Waals surface area contributed by atoms with Gasteiger partial charge in [0.2, 0.25) is 5.91 Å². The number of ether oxygens (including phenoxy) is 1. The Labute approximate surface area is 204 Å². The first-order valence-corrected chi connectivity index (χ1v) is 13.0. The van der Waals surface area contributed by atoms with Crippen molar-refractivity contribution in [3.63, 3.8) is 0 Å². The number of carbonyl (C=O) groups excluding carboxylic acids is 2. The number of amides is 2. The first-order chi connectivity index (χ1) is 16.1. The van der Waals surface area contributed by atoms with E-state index >= 15 is 0 Å². The summed E-state index contributed by atoms with van der Waals surface area (Å²) in [5.41, 5.74) is 1.35. The molecule has 1 aliphatic heterocycles. The lowest BCUT2D eigenvalue weighted by atomic mass is 10.0. The molecule has 0 radical (unpaired) electrons. The number of hydrogen-bond donors (Lipinski definition) is 1. The second-order valence-electron chi connectivity index (χ2n) is 8.36. The molecule has 2 aromatic rings. The van der Waals surface area contributed by atoms with Gasteiger partial charge in [-0.1, -0.05) is 55.1 Å². The molecular weight excluding hydrogens is 456 g/mol. The van der Waals surface area contributed by atoms with E-state index in [0.29, 0.717) is 23.0 Å². The molecule has 1 heterocycles. The summed E-state index contributed by atoms with van der Waals surface area (Å²) in [6.07, 6.45) is 9.28. The fourth-order valence-electron chi connectivity index (χ4n) is 4.15. The topological polar surface area (TPSA) is 58.6 Å². The van der Waals surface area contributed by atoms with Crippen molar-refractivity contribution in [2.45, 2.75) is 43.8 Å². The summed E-state index contributed by atoms with van der Waals surface area (Å²) in [5, 5.41) is 4.32. The van der Waals surface area contributed by atoms with Gasteiger partial charge in [0.1, 0.15) is 6.54 Å². The number of carbonyl (C=O) groups is 2. The monoisotopic (exact) mass is 484 g/mol. The van der Waals surface area contributed by atoms with E-state index < -0.39 is 0 Å². The van der Waals surface area contributed by atoms with Crippen LogP contribution in [0.2, 0.25) is 5.02 Å². The van der Waals surface area contributed by atoms with E-state index in [1.165, 1.54) is 37.0 Å². The van der Waals surface area contributed by atoms with Gasteiger partial charge in [-0.3, -0.25) is 14.5 Å². The molecule has 7 heteroatoms. The van der Waals surface area contributed by atoms with Gasteiger partial charge in [0, 0.05) is 16.8 Å². The molecule has 0 saturated heterocycles. The highest BCUT2D eigenvalue weighted by atomic mass is 35.5. The third-order valence-electron chi connectivity index (χ3n) is 5.83. The van der Waals surface area contributed by atoms with Crippen molar-refractivity contribution in [2.24, 2.45) is 0 Å². The molecule has 174 valence electrons. The number of rotatable bonds is 8. The number of thioether (sulfide) groups is 1. The molecule has 5 nitrogen and oxygen atoms in total. The number of fused-ring (bicyclic) bond motifs is 1. The van der Waals surface area contributed by atoms with Crippen LogP contribution in [0.3, 0.4) is 0 Å². The maximum Gasteiger partial charge on any atom is 0.294 e. The van der Waals surface area contributed by atoms with Crippen LogP contribution in [-0.4, -0.2) is 35.9 Å². The van der Waals surface area contributed by atoms with Gasteiger partial charge in [-0.25, -0.2) is 0 Å². The number of nitrogens with one attached hydrogen (secondary N) is 1. The van der Waals surface area contributed by atoms with Crippen LogP contribution in [0, 0.1) is 0 Å². The summed E-state index contributed by atoms with van der Waals surface area (Å²) in [4.78, 5) is 27.3. The van der Waals surface area contributed by atoms with E-state index in [4.69, 9.17) is 16.3 Å². The minimum absolute atomic E-state index is 0.0537. The molecular formula is C26H29ClN2O3S. The van der Waals surface area contributed by atoms with Gasteiger partial charge < -0.3 is 10.1 Å². The highest BCUT2D eigenvalue weighted by Crippen LogP contribution is 2.35.